The summed E-state index contributed by atoms with van der Waals surface area (Å²) in [5, 5.41) is 13.0. The van der Waals surface area contributed by atoms with Crippen molar-refractivity contribution in [2.45, 2.75) is 13.8 Å². The monoisotopic (exact) mass is 428 g/mol. The van der Waals surface area contributed by atoms with Gasteiger partial charge in [-0.3, -0.25) is 35.9 Å². The van der Waals surface area contributed by atoms with Crippen molar-refractivity contribution in [3.8, 4) is 5.75 Å². The van der Waals surface area contributed by atoms with Gasteiger partial charge in [0.25, 0.3) is 11.6 Å². The van der Waals surface area contributed by atoms with E-state index in [9.17, 15) is 19.7 Å². The maximum atomic E-state index is 11.9. The number of thiocarbonyl (C=S) groups is 1. The molecule has 0 unspecified atom stereocenters. The third kappa shape index (κ3) is 7.32. The molecule has 0 aliphatic heterocycles. The van der Waals surface area contributed by atoms with Crippen molar-refractivity contribution in [3.63, 3.8) is 0 Å². The number of amides is 2. The zero-order chi connectivity index (χ0) is 22.1. The summed E-state index contributed by atoms with van der Waals surface area (Å²) in [5.74, 6) is -0.462. The zero-order valence-electron chi connectivity index (χ0n) is 16.3. The minimum Gasteiger partial charge on any atom is -0.483 e. The number of carbonyl (C=O) groups excluding carboxylic acids is 2. The van der Waals surface area contributed by atoms with Crippen LogP contribution in [0.1, 0.15) is 16.7 Å². The number of nitrogens with zero attached hydrogens (tertiary/aromatic N) is 1. The van der Waals surface area contributed by atoms with Crippen molar-refractivity contribution in [2.24, 2.45) is 0 Å². The van der Waals surface area contributed by atoms with Crippen LogP contribution in [0.2, 0.25) is 0 Å². The highest BCUT2D eigenvalue weighted by Crippen LogP contribution is 2.18. The van der Waals surface area contributed by atoms with Crippen LogP contribution in [0, 0.1) is 24.0 Å². The second kappa shape index (κ2) is 10.7. The van der Waals surface area contributed by atoms with E-state index in [2.05, 4.69) is 16.2 Å². The molecule has 10 heteroatoms. The Hall–Kier alpha value is -3.79. The summed E-state index contributed by atoms with van der Waals surface area (Å²) in [6.45, 7) is 3.60. The predicted octanol–water partition coefficient (Wildman–Crippen LogP) is 2.33. The number of aryl methyl sites for hydroxylation is 2. The van der Waals surface area contributed by atoms with Crippen molar-refractivity contribution in [1.29, 1.82) is 0 Å². The molecule has 2 rings (SSSR count). The number of hydrogen-bond acceptors (Lipinski definition) is 6. The Morgan fingerprint density at radius 1 is 1.17 bits per heavy atom. The minimum absolute atomic E-state index is 0.0829. The fourth-order valence-electron chi connectivity index (χ4n) is 2.37. The number of nitro benzene ring substituents is 1. The zero-order valence-corrected chi connectivity index (χ0v) is 17.1. The van der Waals surface area contributed by atoms with E-state index in [4.69, 9.17) is 17.0 Å². The minimum atomic E-state index is -0.570. The Labute approximate surface area is 178 Å². The lowest BCUT2D eigenvalue weighted by molar-refractivity contribution is -0.384. The van der Waals surface area contributed by atoms with E-state index in [0.717, 1.165) is 17.2 Å². The van der Waals surface area contributed by atoms with Crippen molar-refractivity contribution in [3.05, 3.63) is 75.3 Å². The van der Waals surface area contributed by atoms with Crippen molar-refractivity contribution in [2.75, 3.05) is 6.61 Å². The van der Waals surface area contributed by atoms with Gasteiger partial charge in [0.2, 0.25) is 5.91 Å². The lowest BCUT2D eigenvalue weighted by Crippen LogP contribution is -2.49. The molecule has 0 aromatic heterocycles. The van der Waals surface area contributed by atoms with E-state index in [1.807, 2.05) is 26.0 Å². The molecule has 0 saturated carbocycles. The lowest BCUT2D eigenvalue weighted by atomic mass is 10.1. The Morgan fingerprint density at radius 2 is 1.93 bits per heavy atom. The van der Waals surface area contributed by atoms with Crippen LogP contribution in [0.15, 0.2) is 48.5 Å². The van der Waals surface area contributed by atoms with E-state index < -0.39 is 16.7 Å². The molecule has 0 saturated heterocycles. The van der Waals surface area contributed by atoms with Gasteiger partial charge in [-0.15, -0.1) is 0 Å². The highest BCUT2D eigenvalue weighted by atomic mass is 32.1. The number of nitrogens with one attached hydrogen (secondary N) is 3. The number of hydrogen-bond donors (Lipinski definition) is 3. The van der Waals surface area contributed by atoms with Crippen molar-refractivity contribution in [1.82, 2.24) is 16.2 Å². The van der Waals surface area contributed by atoms with E-state index in [0.29, 0.717) is 11.3 Å². The number of ether oxygens (including phenoxy) is 1. The SMILES string of the molecule is Cc1ccc(OCC(=O)NNC(=S)NC(=O)/C=C/c2cccc([N+](=O)[O-])c2)c(C)c1. The van der Waals surface area contributed by atoms with E-state index in [-0.39, 0.29) is 17.4 Å². The van der Waals surface area contributed by atoms with Crippen molar-refractivity contribution < 1.29 is 19.2 Å². The highest BCUT2D eigenvalue weighted by molar-refractivity contribution is 7.80. The maximum Gasteiger partial charge on any atom is 0.276 e. The maximum absolute atomic E-state index is 11.9. The smallest absolute Gasteiger partial charge is 0.276 e. The molecule has 0 spiro atoms. The average Bonchev–Trinajstić information content (AvgIpc) is 2.70. The molecule has 0 atom stereocenters. The molecule has 30 heavy (non-hydrogen) atoms. The Bertz CT molecular complexity index is 1010. The van der Waals surface area contributed by atoms with Crippen LogP contribution in [-0.2, 0) is 9.59 Å². The third-order valence-electron chi connectivity index (χ3n) is 3.75. The first kappa shape index (κ1) is 22.5. The largest absolute Gasteiger partial charge is 0.483 e. The molecule has 3 N–H and O–H groups in total. The first-order chi connectivity index (χ1) is 14.2. The van der Waals surface area contributed by atoms with Crippen LogP contribution in [0.25, 0.3) is 6.08 Å². The molecule has 0 radical (unpaired) electrons. The van der Waals surface area contributed by atoms with Crippen LogP contribution < -0.4 is 20.9 Å². The van der Waals surface area contributed by atoms with Gasteiger partial charge in [-0.25, -0.2) is 0 Å². The number of non-ortho nitro benzene ring substituents is 1. The van der Waals surface area contributed by atoms with Gasteiger partial charge in [0.15, 0.2) is 11.7 Å². The number of benzene rings is 2. The van der Waals surface area contributed by atoms with E-state index >= 15 is 0 Å². The fraction of sp³-hybridized carbons (Fsp3) is 0.150. The summed E-state index contributed by atoms with van der Waals surface area (Å²) in [7, 11) is 0. The molecule has 0 aliphatic carbocycles. The standard InChI is InChI=1S/C20H20N4O5S/c1-13-6-8-17(14(2)10-13)29-12-19(26)22-23-20(30)21-18(25)9-7-15-4-3-5-16(11-15)24(27)28/h3-11H,12H2,1-2H3,(H,22,26)(H2,21,23,25,30)/b9-7+. The quantitative estimate of drug-likeness (QED) is 0.279. The second-order valence-electron chi connectivity index (χ2n) is 6.23. The first-order valence-electron chi connectivity index (χ1n) is 8.77. The van der Waals surface area contributed by atoms with Gasteiger partial charge in [0.1, 0.15) is 5.75 Å². The lowest BCUT2D eigenvalue weighted by Gasteiger charge is -2.12. The molecule has 2 aromatic rings. The summed E-state index contributed by atoms with van der Waals surface area (Å²) in [5.41, 5.74) is 7.11. The Balaban J connectivity index is 1.75. The molecule has 0 bridgehead atoms. The van der Waals surface area contributed by atoms with Gasteiger partial charge < -0.3 is 4.74 Å². The van der Waals surface area contributed by atoms with Gasteiger partial charge in [0, 0.05) is 18.2 Å². The second-order valence-corrected chi connectivity index (χ2v) is 6.64. The van der Waals surface area contributed by atoms with Gasteiger partial charge >= 0.3 is 0 Å². The fourth-order valence-corrected chi connectivity index (χ4v) is 2.52. The molecule has 0 heterocycles. The van der Waals surface area contributed by atoms with Gasteiger partial charge in [-0.2, -0.15) is 0 Å². The molecule has 2 aromatic carbocycles. The van der Waals surface area contributed by atoms with Crippen LogP contribution in [0.4, 0.5) is 5.69 Å². The molecule has 0 fully saturated rings. The summed E-state index contributed by atoms with van der Waals surface area (Å²) < 4.78 is 5.44. The molecule has 2 amide bonds. The summed E-state index contributed by atoms with van der Waals surface area (Å²) >= 11 is 4.93. The number of nitro groups is 1. The molecular formula is C20H20N4O5S. The summed E-state index contributed by atoms with van der Waals surface area (Å²) in [6, 6.07) is 11.4. The Morgan fingerprint density at radius 3 is 2.63 bits per heavy atom. The average molecular weight is 428 g/mol. The van der Waals surface area contributed by atoms with Crippen LogP contribution in [-0.4, -0.2) is 28.5 Å². The molecule has 9 nitrogen and oxygen atoms in total. The molecule has 156 valence electrons. The first-order valence-corrected chi connectivity index (χ1v) is 9.18. The highest BCUT2D eigenvalue weighted by Gasteiger charge is 2.07. The van der Waals surface area contributed by atoms with Crippen LogP contribution in [0.3, 0.4) is 0 Å². The van der Waals surface area contributed by atoms with Crippen LogP contribution >= 0.6 is 12.2 Å². The third-order valence-corrected chi connectivity index (χ3v) is 3.95. The van der Waals surface area contributed by atoms with Gasteiger partial charge in [-0.1, -0.05) is 29.8 Å². The Kier molecular flexibility index (Phi) is 8.00. The van der Waals surface area contributed by atoms with Crippen LogP contribution in [0.5, 0.6) is 5.75 Å². The number of carbonyl (C=O) groups is 2. The normalized spacial score (nSPS) is 10.3. The van der Waals surface area contributed by atoms with E-state index in [1.54, 1.807) is 12.1 Å². The summed E-state index contributed by atoms with van der Waals surface area (Å²) in [6.07, 6.45) is 2.57. The van der Waals surface area contributed by atoms with Gasteiger partial charge in [-0.05, 0) is 49.3 Å². The number of hydrazine groups is 1. The van der Waals surface area contributed by atoms with Crippen molar-refractivity contribution >= 4 is 40.9 Å². The topological polar surface area (TPSA) is 123 Å². The molecule has 0 aliphatic rings. The molecular weight excluding hydrogens is 408 g/mol. The van der Waals surface area contributed by atoms with E-state index in [1.165, 1.54) is 24.3 Å². The summed E-state index contributed by atoms with van der Waals surface area (Å²) in [4.78, 5) is 33.9. The predicted molar refractivity (Wildman–Crippen MR) is 116 cm³/mol. The number of rotatable bonds is 6. The van der Waals surface area contributed by atoms with Gasteiger partial charge in [0.05, 0.1) is 4.92 Å².